The van der Waals surface area contributed by atoms with E-state index < -0.39 is 5.95 Å². The Bertz CT molecular complexity index is 314. The molecule has 0 radical (unpaired) electrons. The van der Waals surface area contributed by atoms with E-state index in [0.717, 1.165) is 0 Å². The molecule has 2 nitrogen and oxygen atoms in total. The van der Waals surface area contributed by atoms with Gasteiger partial charge in [0.05, 0.1) is 6.61 Å². The fourth-order valence-electron chi connectivity index (χ4n) is 0.687. The molecule has 0 unspecified atom stereocenters. The van der Waals surface area contributed by atoms with Crippen LogP contribution in [0.1, 0.15) is 12.1 Å². The van der Waals surface area contributed by atoms with E-state index in [-0.39, 0.29) is 6.61 Å². The van der Waals surface area contributed by atoms with E-state index in [2.05, 4.69) is 16.8 Å². The molecule has 1 aromatic heterocycles. The van der Waals surface area contributed by atoms with E-state index in [1.807, 2.05) is 0 Å². The largest absolute Gasteiger partial charge is 0.395 e. The third kappa shape index (κ3) is 2.69. The molecule has 0 bridgehead atoms. The second-order valence-corrected chi connectivity index (χ2v) is 2.12. The molecular formula is C9H8FNO. The first-order valence-electron chi connectivity index (χ1n) is 3.55. The first-order chi connectivity index (χ1) is 5.83. The molecule has 1 heterocycles. The molecule has 12 heavy (non-hydrogen) atoms. The molecule has 0 saturated carbocycles. The smallest absolute Gasteiger partial charge is 0.214 e. The lowest BCUT2D eigenvalue weighted by Gasteiger charge is -1.88. The van der Waals surface area contributed by atoms with Gasteiger partial charge in [-0.05, 0) is 18.1 Å². The number of hydrogen-bond donors (Lipinski definition) is 1. The second-order valence-electron chi connectivity index (χ2n) is 2.12. The number of halogens is 1. The van der Waals surface area contributed by atoms with Gasteiger partial charge in [0.15, 0.2) is 0 Å². The number of pyridine rings is 1. The minimum atomic E-state index is -0.536. The number of nitrogens with zero attached hydrogens (tertiary/aromatic N) is 1. The van der Waals surface area contributed by atoms with Crippen LogP contribution in [-0.4, -0.2) is 16.7 Å². The number of aliphatic hydroxyl groups is 1. The van der Waals surface area contributed by atoms with Crippen LogP contribution in [-0.2, 0) is 0 Å². The van der Waals surface area contributed by atoms with Gasteiger partial charge in [0, 0.05) is 6.42 Å². The van der Waals surface area contributed by atoms with E-state index in [1.54, 1.807) is 12.1 Å². The summed E-state index contributed by atoms with van der Waals surface area (Å²) in [5, 5.41) is 8.40. The van der Waals surface area contributed by atoms with Crippen LogP contribution in [0.25, 0.3) is 0 Å². The molecule has 0 amide bonds. The number of hydrogen-bond acceptors (Lipinski definition) is 2. The van der Waals surface area contributed by atoms with Crippen molar-refractivity contribution in [3.05, 3.63) is 29.8 Å². The fraction of sp³-hybridized carbons (Fsp3) is 0.222. The molecule has 0 saturated heterocycles. The minimum absolute atomic E-state index is 0.0162. The summed E-state index contributed by atoms with van der Waals surface area (Å²) < 4.78 is 12.4. The predicted molar refractivity (Wildman–Crippen MR) is 42.8 cm³/mol. The number of aromatic nitrogens is 1. The highest BCUT2D eigenvalue weighted by Gasteiger charge is 1.90. The first kappa shape index (κ1) is 8.69. The van der Waals surface area contributed by atoms with Crippen molar-refractivity contribution in [1.82, 2.24) is 4.98 Å². The van der Waals surface area contributed by atoms with Gasteiger partial charge in [0.25, 0.3) is 0 Å². The third-order valence-corrected chi connectivity index (χ3v) is 1.17. The van der Waals surface area contributed by atoms with Gasteiger partial charge in [-0.25, -0.2) is 4.98 Å². The zero-order valence-corrected chi connectivity index (χ0v) is 6.42. The lowest BCUT2D eigenvalue weighted by atomic mass is 10.3. The van der Waals surface area contributed by atoms with E-state index >= 15 is 0 Å². The van der Waals surface area contributed by atoms with Gasteiger partial charge in [-0.15, -0.1) is 0 Å². The Labute approximate surface area is 70.1 Å². The summed E-state index contributed by atoms with van der Waals surface area (Å²) >= 11 is 0. The van der Waals surface area contributed by atoms with Crippen molar-refractivity contribution < 1.29 is 9.50 Å². The molecule has 0 spiro atoms. The zero-order chi connectivity index (χ0) is 8.81. The quantitative estimate of drug-likeness (QED) is 0.496. The van der Waals surface area contributed by atoms with Gasteiger partial charge in [0.1, 0.15) is 5.69 Å². The minimum Gasteiger partial charge on any atom is -0.395 e. The highest BCUT2D eigenvalue weighted by Crippen LogP contribution is 1.95. The van der Waals surface area contributed by atoms with Crippen molar-refractivity contribution in [2.75, 3.05) is 6.61 Å². The molecule has 3 heteroatoms. The van der Waals surface area contributed by atoms with E-state index in [9.17, 15) is 4.39 Å². The highest BCUT2D eigenvalue weighted by atomic mass is 19.1. The van der Waals surface area contributed by atoms with Crippen molar-refractivity contribution in [2.45, 2.75) is 6.42 Å². The monoisotopic (exact) mass is 165 g/mol. The lowest BCUT2D eigenvalue weighted by molar-refractivity contribution is 0.305. The van der Waals surface area contributed by atoms with Crippen LogP contribution >= 0.6 is 0 Å². The molecule has 0 aliphatic heterocycles. The maximum atomic E-state index is 12.4. The average Bonchev–Trinajstić information content (AvgIpc) is 2.05. The van der Waals surface area contributed by atoms with Crippen molar-refractivity contribution in [1.29, 1.82) is 0 Å². The summed E-state index contributed by atoms with van der Waals surface area (Å²) in [5.74, 6) is 4.74. The summed E-state index contributed by atoms with van der Waals surface area (Å²) in [7, 11) is 0. The van der Waals surface area contributed by atoms with Crippen LogP contribution in [0.3, 0.4) is 0 Å². The van der Waals surface area contributed by atoms with Gasteiger partial charge in [-0.1, -0.05) is 12.0 Å². The Morgan fingerprint density at radius 3 is 3.00 bits per heavy atom. The molecule has 62 valence electrons. The maximum absolute atomic E-state index is 12.4. The van der Waals surface area contributed by atoms with E-state index in [4.69, 9.17) is 5.11 Å². The zero-order valence-electron chi connectivity index (χ0n) is 6.42. The van der Waals surface area contributed by atoms with Crippen molar-refractivity contribution >= 4 is 0 Å². The average molecular weight is 165 g/mol. The Morgan fingerprint density at radius 1 is 1.50 bits per heavy atom. The molecular weight excluding hydrogens is 157 g/mol. The standard InChI is InChI=1S/C9H8FNO/c10-9-6-3-5-8(11-9)4-1-2-7-12/h3,5-6,12H,2,7H2. The summed E-state index contributed by atoms with van der Waals surface area (Å²) in [4.78, 5) is 3.52. The van der Waals surface area contributed by atoms with E-state index in [1.165, 1.54) is 6.07 Å². The van der Waals surface area contributed by atoms with Gasteiger partial charge in [-0.3, -0.25) is 0 Å². The van der Waals surface area contributed by atoms with E-state index in [0.29, 0.717) is 12.1 Å². The molecule has 0 atom stereocenters. The van der Waals surface area contributed by atoms with Crippen LogP contribution in [0.15, 0.2) is 18.2 Å². The SMILES string of the molecule is OCCC#Cc1cccc(F)n1. The van der Waals surface area contributed by atoms with Gasteiger partial charge >= 0.3 is 0 Å². The van der Waals surface area contributed by atoms with Gasteiger partial charge < -0.3 is 5.11 Å². The lowest BCUT2D eigenvalue weighted by Crippen LogP contribution is -1.85. The summed E-state index contributed by atoms with van der Waals surface area (Å²) in [6.07, 6.45) is 0.387. The van der Waals surface area contributed by atoms with Crippen LogP contribution in [0.5, 0.6) is 0 Å². The Hall–Kier alpha value is -1.40. The fourth-order valence-corrected chi connectivity index (χ4v) is 0.687. The Kier molecular flexibility index (Phi) is 3.24. The van der Waals surface area contributed by atoms with Crippen LogP contribution in [0, 0.1) is 17.8 Å². The summed E-state index contributed by atoms with van der Waals surface area (Å²) in [6.45, 7) is 0.0162. The summed E-state index contributed by atoms with van der Waals surface area (Å²) in [6, 6.07) is 4.43. The highest BCUT2D eigenvalue weighted by molar-refractivity contribution is 5.26. The molecule has 0 aliphatic rings. The van der Waals surface area contributed by atoms with Crippen LogP contribution < -0.4 is 0 Å². The third-order valence-electron chi connectivity index (χ3n) is 1.17. The van der Waals surface area contributed by atoms with Gasteiger partial charge in [-0.2, -0.15) is 4.39 Å². The first-order valence-corrected chi connectivity index (χ1v) is 3.55. The molecule has 1 rings (SSSR count). The molecule has 0 aliphatic carbocycles. The molecule has 0 aromatic carbocycles. The van der Waals surface area contributed by atoms with Crippen molar-refractivity contribution in [3.63, 3.8) is 0 Å². The predicted octanol–water partition coefficient (Wildman–Crippen LogP) is 0.955. The van der Waals surface area contributed by atoms with Crippen LogP contribution in [0.4, 0.5) is 4.39 Å². The number of aliphatic hydroxyl groups excluding tert-OH is 1. The molecule has 0 fully saturated rings. The summed E-state index contributed by atoms with van der Waals surface area (Å²) in [5.41, 5.74) is 0.392. The molecule has 1 aromatic rings. The molecule has 1 N–H and O–H groups in total. The Balaban J connectivity index is 2.71. The van der Waals surface area contributed by atoms with Gasteiger partial charge in [0.2, 0.25) is 5.95 Å². The van der Waals surface area contributed by atoms with Crippen molar-refractivity contribution in [3.8, 4) is 11.8 Å². The second kappa shape index (κ2) is 4.47. The topological polar surface area (TPSA) is 33.1 Å². The Morgan fingerprint density at radius 2 is 2.33 bits per heavy atom. The maximum Gasteiger partial charge on any atom is 0.214 e. The van der Waals surface area contributed by atoms with Crippen LogP contribution in [0.2, 0.25) is 0 Å². The van der Waals surface area contributed by atoms with Crippen molar-refractivity contribution in [2.24, 2.45) is 0 Å². The number of rotatable bonds is 1. The normalized spacial score (nSPS) is 8.83.